The van der Waals surface area contributed by atoms with Crippen molar-refractivity contribution in [2.45, 2.75) is 6.42 Å². The lowest BCUT2D eigenvalue weighted by Crippen LogP contribution is -2.14. The van der Waals surface area contributed by atoms with Gasteiger partial charge in [-0.3, -0.25) is 4.79 Å². The predicted molar refractivity (Wildman–Crippen MR) is 66.5 cm³/mol. The minimum absolute atomic E-state index is 0.447. The van der Waals surface area contributed by atoms with Crippen LogP contribution in [-0.4, -0.2) is 26.7 Å². The molecule has 1 amide bonds. The van der Waals surface area contributed by atoms with Crippen molar-refractivity contribution in [1.82, 2.24) is 5.32 Å². The van der Waals surface area contributed by atoms with E-state index in [4.69, 9.17) is 9.47 Å². The van der Waals surface area contributed by atoms with Gasteiger partial charge in [-0.15, -0.1) is 0 Å². The van der Waals surface area contributed by atoms with Crippen LogP contribution in [0.15, 0.2) is 30.9 Å². The Morgan fingerprint density at radius 3 is 2.88 bits per heavy atom. The Hall–Kier alpha value is -1.97. The molecule has 0 saturated heterocycles. The van der Waals surface area contributed by atoms with Gasteiger partial charge in [-0.05, 0) is 24.1 Å². The Bertz CT molecular complexity index is 377. The summed E-state index contributed by atoms with van der Waals surface area (Å²) in [6.07, 6.45) is 3.14. The number of rotatable bonds is 8. The Labute approximate surface area is 101 Å². The summed E-state index contributed by atoms with van der Waals surface area (Å²) in [5, 5.41) is 2.62. The summed E-state index contributed by atoms with van der Waals surface area (Å²) in [5.41, 5.74) is 1.09. The van der Waals surface area contributed by atoms with Crippen molar-refractivity contribution in [1.29, 1.82) is 0 Å². The second-order valence-corrected chi connectivity index (χ2v) is 3.41. The van der Waals surface area contributed by atoms with Gasteiger partial charge in [-0.2, -0.15) is 0 Å². The van der Waals surface area contributed by atoms with E-state index in [9.17, 15) is 4.79 Å². The monoisotopic (exact) mass is 235 g/mol. The number of hydrogen-bond donors (Lipinski definition) is 1. The molecule has 0 unspecified atom stereocenters. The summed E-state index contributed by atoms with van der Waals surface area (Å²) < 4.78 is 10.7. The molecule has 0 aliphatic carbocycles. The number of benzene rings is 1. The zero-order valence-electron chi connectivity index (χ0n) is 9.94. The van der Waals surface area contributed by atoms with E-state index in [-0.39, 0.29) is 0 Å². The maximum absolute atomic E-state index is 10.1. The molecule has 4 heteroatoms. The molecule has 0 fully saturated rings. The summed E-state index contributed by atoms with van der Waals surface area (Å²) >= 11 is 0. The topological polar surface area (TPSA) is 47.6 Å². The molecule has 0 aliphatic heterocycles. The third-order valence-electron chi connectivity index (χ3n) is 2.23. The highest BCUT2D eigenvalue weighted by molar-refractivity contribution is 5.46. The molecule has 1 aromatic carbocycles. The highest BCUT2D eigenvalue weighted by Crippen LogP contribution is 2.28. The second kappa shape index (κ2) is 7.33. The van der Waals surface area contributed by atoms with Crippen LogP contribution in [0.5, 0.6) is 11.5 Å². The molecule has 0 radical (unpaired) electrons. The van der Waals surface area contributed by atoms with Gasteiger partial charge in [0, 0.05) is 6.54 Å². The van der Waals surface area contributed by atoms with Crippen molar-refractivity contribution in [3.8, 4) is 11.5 Å². The molecule has 0 aliphatic rings. The average molecular weight is 235 g/mol. The van der Waals surface area contributed by atoms with Crippen LogP contribution in [0.4, 0.5) is 0 Å². The molecule has 17 heavy (non-hydrogen) atoms. The molecule has 0 aromatic heterocycles. The summed E-state index contributed by atoms with van der Waals surface area (Å²) in [6, 6.07) is 5.72. The fourth-order valence-corrected chi connectivity index (χ4v) is 1.41. The lowest BCUT2D eigenvalue weighted by atomic mass is 10.1. The third-order valence-corrected chi connectivity index (χ3v) is 2.23. The van der Waals surface area contributed by atoms with Crippen molar-refractivity contribution in [2.75, 3.05) is 20.3 Å². The number of carbonyl (C=O) groups is 1. The predicted octanol–water partition coefficient (Wildman–Crippen LogP) is 1.55. The zero-order chi connectivity index (χ0) is 12.5. The SMILES string of the molecule is C=CCOc1ccc(CCNC=O)cc1OC. The highest BCUT2D eigenvalue weighted by Gasteiger charge is 2.04. The molecule has 1 rings (SSSR count). The molecule has 0 heterocycles. The van der Waals surface area contributed by atoms with Crippen LogP contribution < -0.4 is 14.8 Å². The number of nitrogens with one attached hydrogen (secondary N) is 1. The Kier molecular flexibility index (Phi) is 5.64. The second-order valence-electron chi connectivity index (χ2n) is 3.41. The van der Waals surface area contributed by atoms with E-state index in [0.717, 1.165) is 12.0 Å². The van der Waals surface area contributed by atoms with Crippen molar-refractivity contribution in [2.24, 2.45) is 0 Å². The molecule has 0 spiro atoms. The zero-order valence-corrected chi connectivity index (χ0v) is 9.94. The highest BCUT2D eigenvalue weighted by atomic mass is 16.5. The standard InChI is InChI=1S/C13H17NO3/c1-3-8-17-12-5-4-11(6-7-14-10-15)9-13(12)16-2/h3-5,9-10H,1,6-8H2,2H3,(H,14,15). The van der Waals surface area contributed by atoms with E-state index >= 15 is 0 Å². The Balaban J connectivity index is 2.69. The first-order valence-electron chi connectivity index (χ1n) is 5.39. The number of hydrogen-bond acceptors (Lipinski definition) is 3. The van der Waals surface area contributed by atoms with E-state index < -0.39 is 0 Å². The van der Waals surface area contributed by atoms with Crippen molar-refractivity contribution < 1.29 is 14.3 Å². The summed E-state index contributed by atoms with van der Waals surface area (Å²) in [6.45, 7) is 4.65. The number of methoxy groups -OCH3 is 1. The van der Waals surface area contributed by atoms with E-state index in [2.05, 4.69) is 11.9 Å². The van der Waals surface area contributed by atoms with Crippen LogP contribution in [0.3, 0.4) is 0 Å². The smallest absolute Gasteiger partial charge is 0.207 e. The van der Waals surface area contributed by atoms with Gasteiger partial charge >= 0.3 is 0 Å². The lowest BCUT2D eigenvalue weighted by molar-refractivity contribution is -0.109. The van der Waals surface area contributed by atoms with Crippen LogP contribution in [-0.2, 0) is 11.2 Å². The molecular formula is C13H17NO3. The van der Waals surface area contributed by atoms with Gasteiger partial charge in [-0.25, -0.2) is 0 Å². The van der Waals surface area contributed by atoms with Gasteiger partial charge in [0.1, 0.15) is 6.61 Å². The van der Waals surface area contributed by atoms with Gasteiger partial charge in [-0.1, -0.05) is 18.7 Å². The summed E-state index contributed by atoms with van der Waals surface area (Å²) in [4.78, 5) is 10.1. The average Bonchev–Trinajstić information content (AvgIpc) is 2.37. The number of carbonyl (C=O) groups excluding carboxylic acids is 1. The van der Waals surface area contributed by atoms with Gasteiger partial charge in [0.2, 0.25) is 6.41 Å². The van der Waals surface area contributed by atoms with E-state index in [0.29, 0.717) is 31.1 Å². The van der Waals surface area contributed by atoms with Crippen molar-refractivity contribution >= 4 is 6.41 Å². The molecular weight excluding hydrogens is 218 g/mol. The van der Waals surface area contributed by atoms with Gasteiger partial charge < -0.3 is 14.8 Å². The van der Waals surface area contributed by atoms with Gasteiger partial charge in [0.05, 0.1) is 7.11 Å². The molecule has 1 aromatic rings. The van der Waals surface area contributed by atoms with Gasteiger partial charge in [0.25, 0.3) is 0 Å². The molecule has 92 valence electrons. The Morgan fingerprint density at radius 1 is 1.41 bits per heavy atom. The Morgan fingerprint density at radius 2 is 2.24 bits per heavy atom. The fourth-order valence-electron chi connectivity index (χ4n) is 1.41. The van der Waals surface area contributed by atoms with Crippen molar-refractivity contribution in [3.63, 3.8) is 0 Å². The number of ether oxygens (including phenoxy) is 2. The van der Waals surface area contributed by atoms with Crippen LogP contribution >= 0.6 is 0 Å². The first kappa shape index (κ1) is 13.1. The first-order chi connectivity index (χ1) is 8.31. The van der Waals surface area contributed by atoms with Gasteiger partial charge in [0.15, 0.2) is 11.5 Å². The van der Waals surface area contributed by atoms with Crippen LogP contribution in [0, 0.1) is 0 Å². The molecule has 1 N–H and O–H groups in total. The maximum Gasteiger partial charge on any atom is 0.207 e. The fraction of sp³-hybridized carbons (Fsp3) is 0.308. The molecule has 0 saturated carbocycles. The largest absolute Gasteiger partial charge is 0.493 e. The molecule has 0 bridgehead atoms. The van der Waals surface area contributed by atoms with Crippen LogP contribution in [0.1, 0.15) is 5.56 Å². The molecule has 0 atom stereocenters. The molecule has 4 nitrogen and oxygen atoms in total. The summed E-state index contributed by atoms with van der Waals surface area (Å²) in [5.74, 6) is 1.38. The number of amides is 1. The van der Waals surface area contributed by atoms with Crippen LogP contribution in [0.25, 0.3) is 0 Å². The van der Waals surface area contributed by atoms with Crippen molar-refractivity contribution in [3.05, 3.63) is 36.4 Å². The summed E-state index contributed by atoms with van der Waals surface area (Å²) in [7, 11) is 1.60. The maximum atomic E-state index is 10.1. The van der Waals surface area contributed by atoms with E-state index in [1.807, 2.05) is 18.2 Å². The quantitative estimate of drug-likeness (QED) is 0.422. The normalized spacial score (nSPS) is 9.47. The van der Waals surface area contributed by atoms with E-state index in [1.165, 1.54) is 0 Å². The minimum atomic E-state index is 0.447. The third kappa shape index (κ3) is 4.18. The van der Waals surface area contributed by atoms with Crippen LogP contribution in [0.2, 0.25) is 0 Å². The first-order valence-corrected chi connectivity index (χ1v) is 5.39. The lowest BCUT2D eigenvalue weighted by Gasteiger charge is -2.10. The minimum Gasteiger partial charge on any atom is -0.493 e. The van der Waals surface area contributed by atoms with E-state index in [1.54, 1.807) is 13.2 Å².